The van der Waals surface area contributed by atoms with Gasteiger partial charge >= 0.3 is 6.18 Å². The Hall–Kier alpha value is -2.09. The van der Waals surface area contributed by atoms with Crippen LogP contribution in [0.25, 0.3) is 11.0 Å². The molecule has 5 nitrogen and oxygen atoms in total. The molecule has 1 atom stereocenters. The lowest BCUT2D eigenvalue weighted by molar-refractivity contribution is -0.213. The molecule has 1 aliphatic heterocycles. The average Bonchev–Trinajstić information content (AvgIpc) is 3.04. The number of hydrogen-bond donors (Lipinski definition) is 3. The Balaban J connectivity index is 1.88. The summed E-state index contributed by atoms with van der Waals surface area (Å²) in [4.78, 5) is 19.0. The summed E-state index contributed by atoms with van der Waals surface area (Å²) in [5.74, 6) is -1.06. The molecule has 1 saturated heterocycles. The molecule has 2 aromatic rings. The summed E-state index contributed by atoms with van der Waals surface area (Å²) < 4.78 is 39.7. The summed E-state index contributed by atoms with van der Waals surface area (Å²) in [5, 5.41) is 4.86. The van der Waals surface area contributed by atoms with Gasteiger partial charge in [-0.3, -0.25) is 10.1 Å². The lowest BCUT2D eigenvalue weighted by Crippen LogP contribution is -2.49. The molecular formula is C13H13F3N4O. The molecule has 0 spiro atoms. The van der Waals surface area contributed by atoms with E-state index in [1.54, 1.807) is 24.3 Å². The zero-order chi connectivity index (χ0) is 15.1. The Morgan fingerprint density at radius 2 is 2.10 bits per heavy atom. The summed E-state index contributed by atoms with van der Waals surface area (Å²) >= 11 is 0. The summed E-state index contributed by atoms with van der Waals surface area (Å²) in [6, 6.07) is 6.96. The van der Waals surface area contributed by atoms with Crippen LogP contribution in [0, 0.1) is 5.41 Å². The van der Waals surface area contributed by atoms with Crippen LogP contribution < -0.4 is 10.6 Å². The largest absolute Gasteiger partial charge is 0.404 e. The second kappa shape index (κ2) is 4.73. The second-order valence-corrected chi connectivity index (χ2v) is 5.06. The highest BCUT2D eigenvalue weighted by atomic mass is 19.4. The van der Waals surface area contributed by atoms with Gasteiger partial charge in [0.05, 0.1) is 11.0 Å². The number of aromatic amines is 1. The number of amides is 1. The molecule has 1 aromatic heterocycles. The Kier molecular flexibility index (Phi) is 3.12. The van der Waals surface area contributed by atoms with Crippen molar-refractivity contribution in [3.05, 3.63) is 24.3 Å². The molecule has 1 fully saturated rings. The number of H-pyrrole nitrogens is 1. The summed E-state index contributed by atoms with van der Waals surface area (Å²) in [6.45, 7) is -0.254. The van der Waals surface area contributed by atoms with Crippen molar-refractivity contribution in [3.63, 3.8) is 0 Å². The van der Waals surface area contributed by atoms with Gasteiger partial charge in [-0.15, -0.1) is 0 Å². The Bertz CT molecular complexity index is 640. The molecule has 0 bridgehead atoms. The van der Waals surface area contributed by atoms with E-state index in [0.29, 0.717) is 11.0 Å². The van der Waals surface area contributed by atoms with Gasteiger partial charge in [-0.25, -0.2) is 4.98 Å². The number of benzene rings is 1. The number of imidazole rings is 1. The first-order valence-electron chi connectivity index (χ1n) is 6.46. The molecule has 0 radical (unpaired) electrons. The fourth-order valence-electron chi connectivity index (χ4n) is 2.50. The minimum absolute atomic E-state index is 0.0247. The van der Waals surface area contributed by atoms with Crippen molar-refractivity contribution in [2.45, 2.75) is 12.6 Å². The number of rotatable bonds is 2. The van der Waals surface area contributed by atoms with E-state index in [2.05, 4.69) is 20.6 Å². The molecule has 8 heteroatoms. The van der Waals surface area contributed by atoms with Crippen molar-refractivity contribution >= 4 is 22.9 Å². The standard InChI is InChI=1S/C13H13F3N4O/c14-13(15,16)12(5-6-17-7-12)10(21)20-11-18-8-3-1-2-4-9(8)19-11/h1-4,17H,5-7H2,(H2,18,19,20,21). The van der Waals surface area contributed by atoms with E-state index < -0.39 is 24.0 Å². The number of para-hydroxylation sites is 2. The fraction of sp³-hybridized carbons (Fsp3) is 0.385. The quantitative estimate of drug-likeness (QED) is 0.794. The van der Waals surface area contributed by atoms with E-state index in [0.717, 1.165) is 0 Å². The number of aromatic nitrogens is 2. The highest BCUT2D eigenvalue weighted by Gasteiger charge is 2.61. The second-order valence-electron chi connectivity index (χ2n) is 5.06. The molecule has 3 rings (SSSR count). The van der Waals surface area contributed by atoms with E-state index >= 15 is 0 Å². The third kappa shape index (κ3) is 2.25. The van der Waals surface area contributed by atoms with Crippen LogP contribution in [0.1, 0.15) is 6.42 Å². The van der Waals surface area contributed by atoms with Crippen molar-refractivity contribution in [1.29, 1.82) is 0 Å². The van der Waals surface area contributed by atoms with Crippen LogP contribution in [0.2, 0.25) is 0 Å². The van der Waals surface area contributed by atoms with E-state index in [1.165, 1.54) is 0 Å². The highest BCUT2D eigenvalue weighted by molar-refractivity contribution is 5.96. The number of alkyl halides is 3. The van der Waals surface area contributed by atoms with Gasteiger partial charge in [0.1, 0.15) is 0 Å². The molecule has 2 heterocycles. The van der Waals surface area contributed by atoms with Gasteiger partial charge in [0.15, 0.2) is 5.41 Å². The number of anilines is 1. The van der Waals surface area contributed by atoms with E-state index in [9.17, 15) is 18.0 Å². The summed E-state index contributed by atoms with van der Waals surface area (Å²) in [5.41, 5.74) is -1.16. The van der Waals surface area contributed by atoms with Crippen molar-refractivity contribution in [2.24, 2.45) is 5.41 Å². The average molecular weight is 298 g/mol. The van der Waals surface area contributed by atoms with Gasteiger partial charge in [0.25, 0.3) is 0 Å². The van der Waals surface area contributed by atoms with Crippen LogP contribution >= 0.6 is 0 Å². The SMILES string of the molecule is O=C(Nc1nc2ccccc2[nH]1)C1(C(F)(F)F)CCNC1. The third-order valence-electron chi connectivity index (χ3n) is 3.75. The predicted molar refractivity (Wildman–Crippen MR) is 70.7 cm³/mol. The van der Waals surface area contributed by atoms with Gasteiger partial charge in [-0.05, 0) is 25.1 Å². The number of nitrogens with one attached hydrogen (secondary N) is 3. The molecule has 21 heavy (non-hydrogen) atoms. The van der Waals surface area contributed by atoms with Gasteiger partial charge < -0.3 is 10.3 Å². The summed E-state index contributed by atoms with van der Waals surface area (Å²) in [7, 11) is 0. The maximum Gasteiger partial charge on any atom is 0.404 e. The minimum atomic E-state index is -4.60. The molecule has 0 aliphatic carbocycles. The maximum absolute atomic E-state index is 13.2. The van der Waals surface area contributed by atoms with Crippen molar-refractivity contribution in [2.75, 3.05) is 18.4 Å². The normalized spacial score (nSPS) is 22.6. The van der Waals surface area contributed by atoms with Crippen LogP contribution in [0.3, 0.4) is 0 Å². The molecule has 1 amide bonds. The van der Waals surface area contributed by atoms with E-state index in [1.807, 2.05) is 0 Å². The fourth-order valence-corrected chi connectivity index (χ4v) is 2.50. The van der Waals surface area contributed by atoms with Crippen molar-refractivity contribution < 1.29 is 18.0 Å². The summed E-state index contributed by atoms with van der Waals surface area (Å²) in [6.07, 6.45) is -4.88. The minimum Gasteiger partial charge on any atom is -0.324 e. The first-order valence-corrected chi connectivity index (χ1v) is 6.46. The molecule has 112 valence electrons. The number of carbonyl (C=O) groups is 1. The Labute approximate surface area is 117 Å². The van der Waals surface area contributed by atoms with Crippen LogP contribution in [0.4, 0.5) is 19.1 Å². The lowest BCUT2D eigenvalue weighted by atomic mass is 9.85. The van der Waals surface area contributed by atoms with E-state index in [4.69, 9.17) is 0 Å². The van der Waals surface area contributed by atoms with Gasteiger partial charge in [0, 0.05) is 6.54 Å². The zero-order valence-corrected chi connectivity index (χ0v) is 10.9. The number of nitrogens with zero attached hydrogens (tertiary/aromatic N) is 1. The maximum atomic E-state index is 13.2. The molecule has 0 saturated carbocycles. The molecule has 3 N–H and O–H groups in total. The highest BCUT2D eigenvalue weighted by Crippen LogP contribution is 2.43. The first-order chi connectivity index (χ1) is 9.92. The number of hydrogen-bond acceptors (Lipinski definition) is 3. The smallest absolute Gasteiger partial charge is 0.324 e. The van der Waals surface area contributed by atoms with Crippen LogP contribution in [0.5, 0.6) is 0 Å². The molecule has 1 aliphatic rings. The van der Waals surface area contributed by atoms with Crippen LogP contribution in [-0.4, -0.2) is 35.1 Å². The monoisotopic (exact) mass is 298 g/mol. The van der Waals surface area contributed by atoms with Crippen LogP contribution in [0.15, 0.2) is 24.3 Å². The Morgan fingerprint density at radius 3 is 2.71 bits per heavy atom. The molecular weight excluding hydrogens is 285 g/mol. The van der Waals surface area contributed by atoms with Crippen molar-refractivity contribution in [3.8, 4) is 0 Å². The lowest BCUT2D eigenvalue weighted by Gasteiger charge is -2.28. The predicted octanol–water partition coefficient (Wildman–Crippen LogP) is 2.04. The zero-order valence-electron chi connectivity index (χ0n) is 10.9. The topological polar surface area (TPSA) is 69.8 Å². The number of halogens is 3. The Morgan fingerprint density at radius 1 is 1.33 bits per heavy atom. The number of carbonyl (C=O) groups excluding carboxylic acids is 1. The molecule has 1 aromatic carbocycles. The van der Waals surface area contributed by atoms with E-state index in [-0.39, 0.29) is 18.9 Å². The third-order valence-corrected chi connectivity index (χ3v) is 3.75. The van der Waals surface area contributed by atoms with Crippen molar-refractivity contribution in [1.82, 2.24) is 15.3 Å². The first kappa shape index (κ1) is 13.9. The van der Waals surface area contributed by atoms with Gasteiger partial charge in [-0.2, -0.15) is 13.2 Å². The van der Waals surface area contributed by atoms with Gasteiger partial charge in [0.2, 0.25) is 11.9 Å². The number of fused-ring (bicyclic) bond motifs is 1. The molecule has 1 unspecified atom stereocenters. The van der Waals surface area contributed by atoms with Crippen LogP contribution in [-0.2, 0) is 4.79 Å². The van der Waals surface area contributed by atoms with Gasteiger partial charge in [-0.1, -0.05) is 12.1 Å².